The summed E-state index contributed by atoms with van der Waals surface area (Å²) < 4.78 is 6.88. The van der Waals surface area contributed by atoms with Crippen molar-refractivity contribution in [2.75, 3.05) is 26.7 Å². The van der Waals surface area contributed by atoms with E-state index in [0.717, 1.165) is 25.2 Å². The van der Waals surface area contributed by atoms with Gasteiger partial charge in [-0.3, -0.25) is 9.36 Å². The minimum atomic E-state index is -0.365. The second-order valence-corrected chi connectivity index (χ2v) is 7.37. The summed E-state index contributed by atoms with van der Waals surface area (Å²) in [6.07, 6.45) is 1.02. The first kappa shape index (κ1) is 18.5. The molecule has 4 rings (SSSR count). The molecular formula is C22H25N3O3. The molecule has 0 radical (unpaired) electrons. The molecule has 0 aliphatic carbocycles. The van der Waals surface area contributed by atoms with Crippen LogP contribution in [0.2, 0.25) is 0 Å². The van der Waals surface area contributed by atoms with E-state index in [1.807, 2.05) is 41.3 Å². The number of benzene rings is 2. The first-order chi connectivity index (χ1) is 13.6. The van der Waals surface area contributed by atoms with E-state index >= 15 is 0 Å². The molecule has 0 unspecified atom stereocenters. The van der Waals surface area contributed by atoms with Crippen molar-refractivity contribution in [3.8, 4) is 0 Å². The largest absolute Gasteiger partial charge is 0.419 e. The van der Waals surface area contributed by atoms with Crippen molar-refractivity contribution in [2.24, 2.45) is 0 Å². The van der Waals surface area contributed by atoms with Crippen molar-refractivity contribution in [3.05, 3.63) is 70.7 Å². The van der Waals surface area contributed by atoms with Crippen LogP contribution in [-0.2, 0) is 11.3 Å². The number of rotatable bonds is 5. The summed E-state index contributed by atoms with van der Waals surface area (Å²) in [7, 11) is 2.09. The van der Waals surface area contributed by atoms with Crippen LogP contribution in [0.5, 0.6) is 0 Å². The molecule has 0 bridgehead atoms. The molecule has 1 atom stereocenters. The monoisotopic (exact) mass is 379 g/mol. The zero-order chi connectivity index (χ0) is 19.5. The quantitative estimate of drug-likeness (QED) is 0.684. The predicted octanol–water partition coefficient (Wildman–Crippen LogP) is 2.89. The second kappa shape index (κ2) is 8.02. The summed E-state index contributed by atoms with van der Waals surface area (Å²) in [5, 5.41) is 0. The smallest absolute Gasteiger partial charge is 0.408 e. The first-order valence-electron chi connectivity index (χ1n) is 9.75. The number of piperazine rings is 1. The van der Waals surface area contributed by atoms with Crippen molar-refractivity contribution in [2.45, 2.75) is 25.4 Å². The van der Waals surface area contributed by atoms with Gasteiger partial charge in [0.25, 0.3) is 0 Å². The maximum atomic E-state index is 13.0. The lowest BCUT2D eigenvalue weighted by atomic mass is 10.0. The fourth-order valence-corrected chi connectivity index (χ4v) is 3.94. The highest BCUT2D eigenvalue weighted by Crippen LogP contribution is 2.25. The van der Waals surface area contributed by atoms with Crippen LogP contribution in [0.3, 0.4) is 0 Å². The number of aromatic nitrogens is 1. The van der Waals surface area contributed by atoms with Crippen LogP contribution in [0.15, 0.2) is 63.8 Å². The molecule has 1 aromatic heterocycles. The van der Waals surface area contributed by atoms with Gasteiger partial charge in [-0.2, -0.15) is 0 Å². The molecule has 6 heteroatoms. The third-order valence-corrected chi connectivity index (χ3v) is 5.43. The molecular weight excluding hydrogens is 354 g/mol. The third kappa shape index (κ3) is 3.73. The zero-order valence-corrected chi connectivity index (χ0v) is 16.1. The van der Waals surface area contributed by atoms with Gasteiger partial charge in [0.15, 0.2) is 5.58 Å². The molecule has 1 amide bonds. The van der Waals surface area contributed by atoms with Gasteiger partial charge in [0.2, 0.25) is 5.91 Å². The van der Waals surface area contributed by atoms with Gasteiger partial charge >= 0.3 is 5.76 Å². The molecule has 0 spiro atoms. The maximum absolute atomic E-state index is 13.0. The van der Waals surface area contributed by atoms with Gasteiger partial charge < -0.3 is 14.2 Å². The van der Waals surface area contributed by atoms with Crippen molar-refractivity contribution in [3.63, 3.8) is 0 Å². The van der Waals surface area contributed by atoms with Gasteiger partial charge in [0.1, 0.15) is 0 Å². The minimum absolute atomic E-state index is 0.0740. The Morgan fingerprint density at radius 2 is 1.82 bits per heavy atom. The molecule has 1 saturated heterocycles. The Morgan fingerprint density at radius 1 is 1.07 bits per heavy atom. The molecule has 28 heavy (non-hydrogen) atoms. The Morgan fingerprint density at radius 3 is 2.64 bits per heavy atom. The lowest BCUT2D eigenvalue weighted by molar-refractivity contribution is -0.136. The van der Waals surface area contributed by atoms with E-state index < -0.39 is 0 Å². The summed E-state index contributed by atoms with van der Waals surface area (Å²) in [6.45, 7) is 2.91. The van der Waals surface area contributed by atoms with Crippen LogP contribution >= 0.6 is 0 Å². The topological polar surface area (TPSA) is 58.7 Å². The Balaban J connectivity index is 1.43. The first-order valence-corrected chi connectivity index (χ1v) is 9.75. The summed E-state index contributed by atoms with van der Waals surface area (Å²) in [4.78, 5) is 29.3. The van der Waals surface area contributed by atoms with Crippen molar-refractivity contribution < 1.29 is 9.21 Å². The summed E-state index contributed by atoms with van der Waals surface area (Å²) in [6, 6.07) is 17.7. The van der Waals surface area contributed by atoms with E-state index in [4.69, 9.17) is 4.42 Å². The van der Waals surface area contributed by atoms with Crippen molar-refractivity contribution >= 4 is 17.0 Å². The predicted molar refractivity (Wildman–Crippen MR) is 108 cm³/mol. The number of para-hydroxylation sites is 2. The lowest BCUT2D eigenvalue weighted by Gasteiger charge is -2.40. The van der Waals surface area contributed by atoms with Crippen LogP contribution in [-0.4, -0.2) is 47.0 Å². The Labute approximate surface area is 164 Å². The third-order valence-electron chi connectivity index (χ3n) is 5.43. The van der Waals surface area contributed by atoms with Gasteiger partial charge in [0, 0.05) is 32.6 Å². The van der Waals surface area contributed by atoms with Crippen LogP contribution in [0.4, 0.5) is 0 Å². The van der Waals surface area contributed by atoms with Gasteiger partial charge in [-0.05, 0) is 31.2 Å². The highest BCUT2D eigenvalue weighted by molar-refractivity contribution is 5.77. The van der Waals surface area contributed by atoms with Crippen molar-refractivity contribution in [1.82, 2.24) is 14.4 Å². The number of nitrogens with zero attached hydrogens (tertiary/aromatic N) is 3. The fraction of sp³-hybridized carbons (Fsp3) is 0.364. The van der Waals surface area contributed by atoms with Crippen molar-refractivity contribution in [1.29, 1.82) is 0 Å². The second-order valence-electron chi connectivity index (χ2n) is 7.37. The van der Waals surface area contributed by atoms with E-state index in [-0.39, 0.29) is 17.7 Å². The molecule has 0 saturated carbocycles. The number of aryl methyl sites for hydroxylation is 1. The minimum Gasteiger partial charge on any atom is -0.408 e. The average Bonchev–Trinajstić information content (AvgIpc) is 3.04. The SMILES string of the molecule is CN1CCN(C(=O)CCCn2c(=O)oc3ccccc32)[C@H](c2ccccc2)C1. The molecule has 146 valence electrons. The van der Waals surface area contributed by atoms with Crippen LogP contribution in [0, 0.1) is 0 Å². The highest BCUT2D eigenvalue weighted by Gasteiger charge is 2.29. The van der Waals surface area contributed by atoms with Gasteiger partial charge in [-0.1, -0.05) is 42.5 Å². The molecule has 3 aromatic rings. The van der Waals surface area contributed by atoms with Crippen LogP contribution in [0.25, 0.3) is 11.1 Å². The molecule has 1 aliphatic rings. The molecule has 1 aliphatic heterocycles. The van der Waals surface area contributed by atoms with E-state index in [2.05, 4.69) is 24.1 Å². The molecule has 0 N–H and O–H groups in total. The van der Waals surface area contributed by atoms with E-state index in [9.17, 15) is 9.59 Å². The maximum Gasteiger partial charge on any atom is 0.419 e. The number of carbonyl (C=O) groups excluding carboxylic acids is 1. The summed E-state index contributed by atoms with van der Waals surface area (Å²) >= 11 is 0. The zero-order valence-electron chi connectivity index (χ0n) is 16.1. The van der Waals surface area contributed by atoms with E-state index in [1.54, 1.807) is 10.6 Å². The molecule has 2 aromatic carbocycles. The molecule has 6 nitrogen and oxygen atoms in total. The number of oxazole rings is 1. The van der Waals surface area contributed by atoms with Gasteiger partial charge in [-0.25, -0.2) is 4.79 Å². The summed E-state index contributed by atoms with van der Waals surface area (Å²) in [5.74, 6) is -0.224. The Hall–Kier alpha value is -2.86. The van der Waals surface area contributed by atoms with Crippen LogP contribution < -0.4 is 5.76 Å². The van der Waals surface area contributed by atoms with E-state index in [1.165, 1.54) is 5.56 Å². The molecule has 1 fully saturated rings. The Bertz CT molecular complexity index is 1010. The summed E-state index contributed by atoms with van der Waals surface area (Å²) in [5.41, 5.74) is 2.53. The number of hydrogen-bond donors (Lipinski definition) is 0. The number of likely N-dealkylation sites (N-methyl/N-ethyl adjacent to an activating group) is 1. The van der Waals surface area contributed by atoms with Gasteiger partial charge in [-0.15, -0.1) is 0 Å². The lowest BCUT2D eigenvalue weighted by Crippen LogP contribution is -2.49. The highest BCUT2D eigenvalue weighted by atomic mass is 16.4. The number of hydrogen-bond acceptors (Lipinski definition) is 4. The Kier molecular flexibility index (Phi) is 5.30. The standard InChI is InChI=1S/C22H25N3O3/c1-23-14-15-24(19(16-23)17-8-3-2-4-9-17)21(26)12-7-13-25-18-10-5-6-11-20(18)28-22(25)27/h2-6,8-11,19H,7,12-16H2,1H3/t19-/m0/s1. The average molecular weight is 379 g/mol. The van der Waals surface area contributed by atoms with Crippen LogP contribution in [0.1, 0.15) is 24.4 Å². The van der Waals surface area contributed by atoms with E-state index in [0.29, 0.717) is 25.0 Å². The number of carbonyl (C=O) groups is 1. The van der Waals surface area contributed by atoms with Gasteiger partial charge in [0.05, 0.1) is 11.6 Å². The number of amides is 1. The molecule has 2 heterocycles. The fourth-order valence-electron chi connectivity index (χ4n) is 3.94. The number of fused-ring (bicyclic) bond motifs is 1. The normalized spacial score (nSPS) is 17.9.